The van der Waals surface area contributed by atoms with Gasteiger partial charge < -0.3 is 5.32 Å². The van der Waals surface area contributed by atoms with Crippen LogP contribution in [-0.2, 0) is 4.79 Å². The van der Waals surface area contributed by atoms with Gasteiger partial charge in [-0.25, -0.2) is 0 Å². The molecule has 1 aromatic rings. The summed E-state index contributed by atoms with van der Waals surface area (Å²) in [5.74, 6) is 1.00. The van der Waals surface area contributed by atoms with E-state index in [-0.39, 0.29) is 5.91 Å². The van der Waals surface area contributed by atoms with Gasteiger partial charge in [-0.05, 0) is 31.0 Å². The fourth-order valence-electron chi connectivity index (χ4n) is 1.66. The van der Waals surface area contributed by atoms with Crippen molar-refractivity contribution in [3.05, 3.63) is 23.3 Å². The van der Waals surface area contributed by atoms with Crippen molar-refractivity contribution < 1.29 is 4.79 Å². The van der Waals surface area contributed by atoms with Crippen LogP contribution in [0.1, 0.15) is 17.5 Å². The van der Waals surface area contributed by atoms with E-state index in [4.69, 9.17) is 0 Å². The minimum absolute atomic E-state index is 0.128. The Morgan fingerprint density at radius 2 is 2.14 bits per heavy atom. The average molecular weight is 207 g/mol. The van der Waals surface area contributed by atoms with Gasteiger partial charge in [0.15, 0.2) is 0 Å². The molecule has 74 valence electrons. The fourth-order valence-corrected chi connectivity index (χ4v) is 2.79. The first kappa shape index (κ1) is 9.59. The number of benzene rings is 1. The maximum atomic E-state index is 11.4. The highest BCUT2D eigenvalue weighted by molar-refractivity contribution is 7.99. The predicted octanol–water partition coefficient (Wildman–Crippen LogP) is 2.74. The molecule has 0 unspecified atom stereocenters. The van der Waals surface area contributed by atoms with Gasteiger partial charge in [0.25, 0.3) is 0 Å². The van der Waals surface area contributed by atoms with Gasteiger partial charge in [0, 0.05) is 17.1 Å². The average Bonchev–Trinajstić information content (AvgIpc) is 2.27. The maximum absolute atomic E-state index is 11.4. The first-order valence-electron chi connectivity index (χ1n) is 4.71. The van der Waals surface area contributed by atoms with Crippen LogP contribution in [0.4, 0.5) is 5.69 Å². The van der Waals surface area contributed by atoms with Gasteiger partial charge in [-0.2, -0.15) is 0 Å². The number of amides is 1. The Morgan fingerprint density at radius 1 is 1.36 bits per heavy atom. The molecule has 1 aliphatic heterocycles. The van der Waals surface area contributed by atoms with Crippen molar-refractivity contribution in [3.63, 3.8) is 0 Å². The second-order valence-corrected chi connectivity index (χ2v) is 4.74. The number of anilines is 1. The summed E-state index contributed by atoms with van der Waals surface area (Å²) in [5.41, 5.74) is 3.41. The molecule has 0 radical (unpaired) electrons. The summed E-state index contributed by atoms with van der Waals surface area (Å²) in [6.45, 7) is 4.12. The lowest BCUT2D eigenvalue weighted by atomic mass is 10.1. The lowest BCUT2D eigenvalue weighted by molar-refractivity contribution is -0.115. The van der Waals surface area contributed by atoms with Crippen molar-refractivity contribution in [3.8, 4) is 0 Å². The molecule has 3 heteroatoms. The Hall–Kier alpha value is -0.960. The lowest BCUT2D eigenvalue weighted by Crippen LogP contribution is -2.11. The van der Waals surface area contributed by atoms with Crippen LogP contribution in [0.3, 0.4) is 0 Å². The summed E-state index contributed by atoms with van der Waals surface area (Å²) in [5, 5.41) is 2.96. The quantitative estimate of drug-likeness (QED) is 0.708. The van der Waals surface area contributed by atoms with E-state index < -0.39 is 0 Å². The van der Waals surface area contributed by atoms with Gasteiger partial charge in [-0.15, -0.1) is 11.8 Å². The molecule has 1 aromatic carbocycles. The third-order valence-corrected chi connectivity index (χ3v) is 3.34. The number of carbonyl (C=O) groups excluding carboxylic acids is 1. The number of hydrogen-bond donors (Lipinski definition) is 1. The zero-order chi connectivity index (χ0) is 10.1. The Balaban J connectivity index is 2.50. The Bertz CT molecular complexity index is 387. The number of nitrogens with one attached hydrogen (secondary N) is 1. The zero-order valence-electron chi connectivity index (χ0n) is 8.39. The number of thioether (sulfide) groups is 1. The van der Waals surface area contributed by atoms with E-state index in [2.05, 4.69) is 24.4 Å². The Labute approximate surface area is 88.1 Å². The lowest BCUT2D eigenvalue weighted by Gasteiger charge is -2.10. The summed E-state index contributed by atoms with van der Waals surface area (Å²) in [7, 11) is 0. The molecule has 0 saturated heterocycles. The van der Waals surface area contributed by atoms with E-state index >= 15 is 0 Å². The third kappa shape index (κ3) is 1.77. The van der Waals surface area contributed by atoms with E-state index in [9.17, 15) is 4.79 Å². The summed E-state index contributed by atoms with van der Waals surface area (Å²) in [6, 6.07) is 4.24. The largest absolute Gasteiger partial charge is 0.325 e. The van der Waals surface area contributed by atoms with Crippen LogP contribution in [0.15, 0.2) is 17.0 Å². The van der Waals surface area contributed by atoms with Gasteiger partial charge in [0.2, 0.25) is 5.91 Å². The number of carbonyl (C=O) groups is 1. The predicted molar refractivity (Wildman–Crippen MR) is 59.9 cm³/mol. The van der Waals surface area contributed by atoms with E-state index in [1.165, 1.54) is 10.5 Å². The molecule has 1 N–H and O–H groups in total. The normalized spacial score (nSPS) is 15.7. The second-order valence-electron chi connectivity index (χ2n) is 3.60. The SMILES string of the molecule is Cc1cc(C)c2c(c1)SCCC(=O)N2. The molecule has 0 atom stereocenters. The van der Waals surface area contributed by atoms with Gasteiger partial charge in [0.05, 0.1) is 5.69 Å². The number of rotatable bonds is 0. The highest BCUT2D eigenvalue weighted by Crippen LogP contribution is 2.34. The summed E-state index contributed by atoms with van der Waals surface area (Å²) in [4.78, 5) is 12.6. The van der Waals surface area contributed by atoms with Crippen molar-refractivity contribution in [2.45, 2.75) is 25.2 Å². The molecular weight excluding hydrogens is 194 g/mol. The van der Waals surface area contributed by atoms with Gasteiger partial charge in [0.1, 0.15) is 0 Å². The van der Waals surface area contributed by atoms with Crippen LogP contribution in [0.25, 0.3) is 0 Å². The molecule has 2 rings (SSSR count). The highest BCUT2D eigenvalue weighted by Gasteiger charge is 2.15. The summed E-state index contributed by atoms with van der Waals surface area (Å²) in [6.07, 6.45) is 0.609. The minimum atomic E-state index is 0.128. The van der Waals surface area contributed by atoms with E-state index in [0.29, 0.717) is 6.42 Å². The number of fused-ring (bicyclic) bond motifs is 1. The number of aryl methyl sites for hydroxylation is 2. The highest BCUT2D eigenvalue weighted by atomic mass is 32.2. The van der Waals surface area contributed by atoms with Crippen molar-refractivity contribution in [2.24, 2.45) is 0 Å². The van der Waals surface area contributed by atoms with Crippen LogP contribution < -0.4 is 5.32 Å². The molecule has 0 aromatic heterocycles. The summed E-state index contributed by atoms with van der Waals surface area (Å²) < 4.78 is 0. The van der Waals surface area contributed by atoms with E-state index in [1.54, 1.807) is 11.8 Å². The van der Waals surface area contributed by atoms with Crippen LogP contribution in [-0.4, -0.2) is 11.7 Å². The molecule has 0 spiro atoms. The Morgan fingerprint density at radius 3 is 2.93 bits per heavy atom. The van der Waals surface area contributed by atoms with Crippen molar-refractivity contribution in [2.75, 3.05) is 11.1 Å². The molecule has 0 aliphatic carbocycles. The molecule has 0 bridgehead atoms. The topological polar surface area (TPSA) is 29.1 Å². The van der Waals surface area contributed by atoms with Crippen LogP contribution >= 0.6 is 11.8 Å². The standard InChI is InChI=1S/C11H13NOS/c1-7-5-8(2)11-9(6-7)14-4-3-10(13)12-11/h5-6H,3-4H2,1-2H3,(H,12,13). The molecular formula is C11H13NOS. The van der Waals surface area contributed by atoms with Crippen LogP contribution in [0.2, 0.25) is 0 Å². The monoisotopic (exact) mass is 207 g/mol. The molecule has 0 fully saturated rings. The fraction of sp³-hybridized carbons (Fsp3) is 0.364. The van der Waals surface area contributed by atoms with Crippen molar-refractivity contribution >= 4 is 23.4 Å². The van der Waals surface area contributed by atoms with Crippen LogP contribution in [0.5, 0.6) is 0 Å². The number of hydrogen-bond acceptors (Lipinski definition) is 2. The van der Waals surface area contributed by atoms with E-state index in [0.717, 1.165) is 17.0 Å². The molecule has 2 nitrogen and oxygen atoms in total. The smallest absolute Gasteiger partial charge is 0.225 e. The van der Waals surface area contributed by atoms with Gasteiger partial charge in [-0.1, -0.05) is 6.07 Å². The van der Waals surface area contributed by atoms with Crippen molar-refractivity contribution in [1.82, 2.24) is 0 Å². The molecule has 1 amide bonds. The maximum Gasteiger partial charge on any atom is 0.225 e. The molecule has 0 saturated carbocycles. The zero-order valence-corrected chi connectivity index (χ0v) is 9.20. The molecule has 14 heavy (non-hydrogen) atoms. The van der Waals surface area contributed by atoms with E-state index in [1.807, 2.05) is 6.92 Å². The second kappa shape index (κ2) is 3.65. The van der Waals surface area contributed by atoms with Crippen molar-refractivity contribution in [1.29, 1.82) is 0 Å². The third-order valence-electron chi connectivity index (χ3n) is 2.29. The van der Waals surface area contributed by atoms with Gasteiger partial charge in [-0.3, -0.25) is 4.79 Å². The first-order chi connectivity index (χ1) is 6.66. The summed E-state index contributed by atoms with van der Waals surface area (Å²) >= 11 is 1.76. The molecule has 1 aliphatic rings. The first-order valence-corrected chi connectivity index (χ1v) is 5.69. The minimum Gasteiger partial charge on any atom is -0.325 e. The Kier molecular flexibility index (Phi) is 2.50. The van der Waals surface area contributed by atoms with Crippen LogP contribution in [0, 0.1) is 13.8 Å². The molecule has 1 heterocycles. The van der Waals surface area contributed by atoms with Gasteiger partial charge >= 0.3 is 0 Å².